The fraction of sp³-hybridized carbons (Fsp3) is 1.00. The molecule has 0 saturated heterocycles. The minimum atomic E-state index is -1.69. The maximum atomic E-state index is 9.59. The number of rotatable bonds is 7. The van der Waals surface area contributed by atoms with E-state index in [9.17, 15) is 20.4 Å². The molecule has 0 aromatic carbocycles. The monoisotopic (exact) mass is 262 g/mol. The van der Waals surface area contributed by atoms with E-state index in [1.54, 1.807) is 0 Å². The summed E-state index contributed by atoms with van der Waals surface area (Å²) in [5.74, 6) is -2.96. The Labute approximate surface area is 111 Å². The van der Waals surface area contributed by atoms with Crippen molar-refractivity contribution in [1.82, 2.24) is 0 Å². The lowest BCUT2D eigenvalue weighted by atomic mass is 9.67. The molecule has 0 fully saturated rings. The summed E-state index contributed by atoms with van der Waals surface area (Å²) < 4.78 is 0. The van der Waals surface area contributed by atoms with E-state index in [1.165, 1.54) is 13.8 Å². The van der Waals surface area contributed by atoms with Crippen molar-refractivity contribution in [3.8, 4) is 0 Å². The second-order valence-electron chi connectivity index (χ2n) is 6.98. The van der Waals surface area contributed by atoms with Crippen molar-refractivity contribution in [3.63, 3.8) is 0 Å². The van der Waals surface area contributed by atoms with Crippen LogP contribution in [0.25, 0.3) is 0 Å². The second kappa shape index (κ2) is 5.87. The fourth-order valence-electron chi connectivity index (χ4n) is 2.58. The van der Waals surface area contributed by atoms with Crippen LogP contribution in [0, 0.1) is 17.3 Å². The molecule has 4 heteroatoms. The van der Waals surface area contributed by atoms with Gasteiger partial charge in [0.25, 0.3) is 0 Å². The molecule has 4 N–H and O–H groups in total. The van der Waals surface area contributed by atoms with Crippen molar-refractivity contribution in [2.75, 3.05) is 0 Å². The Morgan fingerprint density at radius 2 is 1.22 bits per heavy atom. The Morgan fingerprint density at radius 1 is 0.778 bits per heavy atom. The summed E-state index contributed by atoms with van der Waals surface area (Å²) in [6, 6.07) is 0. The molecule has 0 aromatic rings. The Kier molecular flexibility index (Phi) is 5.81. The van der Waals surface area contributed by atoms with Crippen LogP contribution in [0.2, 0.25) is 0 Å². The van der Waals surface area contributed by atoms with Gasteiger partial charge >= 0.3 is 0 Å². The minimum Gasteiger partial charge on any atom is -0.366 e. The van der Waals surface area contributed by atoms with Gasteiger partial charge in [0.1, 0.15) is 0 Å². The first-order valence-electron chi connectivity index (χ1n) is 6.64. The molecule has 1 atom stereocenters. The van der Waals surface area contributed by atoms with Gasteiger partial charge in [-0.15, -0.1) is 0 Å². The normalized spacial score (nSPS) is 16.2. The summed E-state index contributed by atoms with van der Waals surface area (Å²) in [6.45, 7) is 10.9. The van der Waals surface area contributed by atoms with Crippen LogP contribution in [-0.4, -0.2) is 32.0 Å². The van der Waals surface area contributed by atoms with Gasteiger partial charge in [0, 0.05) is 12.8 Å². The third-order valence-corrected chi connectivity index (χ3v) is 3.66. The lowest BCUT2D eigenvalue weighted by Gasteiger charge is -2.40. The number of aliphatic hydroxyl groups is 4. The van der Waals surface area contributed by atoms with Crippen LogP contribution in [-0.2, 0) is 0 Å². The molecule has 18 heavy (non-hydrogen) atoms. The van der Waals surface area contributed by atoms with Crippen molar-refractivity contribution >= 4 is 0 Å². The highest BCUT2D eigenvalue weighted by molar-refractivity contribution is 4.84. The zero-order chi connectivity index (χ0) is 14.8. The molecule has 0 radical (unpaired) electrons. The summed E-state index contributed by atoms with van der Waals surface area (Å²) in [6.07, 6.45) is 1.18. The summed E-state index contributed by atoms with van der Waals surface area (Å²) in [5.41, 5.74) is -0.187. The van der Waals surface area contributed by atoms with E-state index < -0.39 is 11.6 Å². The number of hydrogen-bond donors (Lipinski definition) is 4. The van der Waals surface area contributed by atoms with Gasteiger partial charge < -0.3 is 20.4 Å². The minimum absolute atomic E-state index is 0.0971. The standard InChI is InChI=1S/C14H30O4/c1-10(2)11(9-14(6,17)18)12(3,4)7-8-13(5,15)16/h10-11,15-18H,7-9H2,1-6H3. The molecule has 0 amide bonds. The van der Waals surface area contributed by atoms with E-state index in [4.69, 9.17) is 0 Å². The third kappa shape index (κ3) is 7.31. The molecular formula is C14H30O4. The highest BCUT2D eigenvalue weighted by Crippen LogP contribution is 2.41. The highest BCUT2D eigenvalue weighted by atomic mass is 16.5. The van der Waals surface area contributed by atoms with Gasteiger partial charge in [-0.05, 0) is 37.5 Å². The van der Waals surface area contributed by atoms with Crippen molar-refractivity contribution in [1.29, 1.82) is 0 Å². The van der Waals surface area contributed by atoms with E-state index in [0.29, 0.717) is 12.3 Å². The average Bonchev–Trinajstić information content (AvgIpc) is 2.08. The van der Waals surface area contributed by atoms with Crippen LogP contribution >= 0.6 is 0 Å². The summed E-state index contributed by atoms with van der Waals surface area (Å²) in [5, 5.41) is 38.0. The maximum Gasteiger partial charge on any atom is 0.159 e. The van der Waals surface area contributed by atoms with Crippen molar-refractivity contribution < 1.29 is 20.4 Å². The Morgan fingerprint density at radius 3 is 1.50 bits per heavy atom. The predicted octanol–water partition coefficient (Wildman–Crippen LogP) is 1.86. The Hall–Kier alpha value is -0.160. The second-order valence-corrected chi connectivity index (χ2v) is 6.98. The summed E-state index contributed by atoms with van der Waals surface area (Å²) in [7, 11) is 0. The van der Waals surface area contributed by atoms with Crippen LogP contribution in [0.1, 0.15) is 60.8 Å². The molecule has 0 aromatic heterocycles. The van der Waals surface area contributed by atoms with Crippen LogP contribution in [0.4, 0.5) is 0 Å². The first kappa shape index (κ1) is 17.8. The lowest BCUT2D eigenvalue weighted by Crippen LogP contribution is -2.38. The molecule has 0 bridgehead atoms. The van der Waals surface area contributed by atoms with E-state index in [2.05, 4.69) is 13.8 Å². The molecular weight excluding hydrogens is 232 g/mol. The highest BCUT2D eigenvalue weighted by Gasteiger charge is 2.37. The molecule has 0 aliphatic rings. The number of hydrogen-bond acceptors (Lipinski definition) is 4. The van der Waals surface area contributed by atoms with Gasteiger partial charge in [0.2, 0.25) is 0 Å². The molecule has 0 rings (SSSR count). The summed E-state index contributed by atoms with van der Waals surface area (Å²) >= 11 is 0. The molecule has 4 nitrogen and oxygen atoms in total. The molecule has 0 spiro atoms. The van der Waals surface area contributed by atoms with Gasteiger partial charge in [-0.25, -0.2) is 0 Å². The molecule has 1 unspecified atom stereocenters. The Bertz CT molecular complexity index is 246. The smallest absolute Gasteiger partial charge is 0.159 e. The predicted molar refractivity (Wildman–Crippen MR) is 71.6 cm³/mol. The molecule has 0 aliphatic heterocycles. The van der Waals surface area contributed by atoms with Crippen molar-refractivity contribution in [2.24, 2.45) is 17.3 Å². The third-order valence-electron chi connectivity index (χ3n) is 3.66. The van der Waals surface area contributed by atoms with Crippen LogP contribution in [0.5, 0.6) is 0 Å². The van der Waals surface area contributed by atoms with Gasteiger partial charge in [-0.2, -0.15) is 0 Å². The van der Waals surface area contributed by atoms with Crippen LogP contribution < -0.4 is 0 Å². The van der Waals surface area contributed by atoms with Crippen LogP contribution in [0.15, 0.2) is 0 Å². The van der Waals surface area contributed by atoms with Crippen LogP contribution in [0.3, 0.4) is 0 Å². The summed E-state index contributed by atoms with van der Waals surface area (Å²) in [4.78, 5) is 0. The average molecular weight is 262 g/mol. The molecule has 110 valence electrons. The fourth-order valence-corrected chi connectivity index (χ4v) is 2.58. The van der Waals surface area contributed by atoms with Crippen molar-refractivity contribution in [2.45, 2.75) is 72.4 Å². The van der Waals surface area contributed by atoms with Gasteiger partial charge in [-0.3, -0.25) is 0 Å². The quantitative estimate of drug-likeness (QED) is 0.528. The van der Waals surface area contributed by atoms with E-state index >= 15 is 0 Å². The van der Waals surface area contributed by atoms with Gasteiger partial charge in [0.15, 0.2) is 11.6 Å². The molecule has 0 heterocycles. The van der Waals surface area contributed by atoms with E-state index in [-0.39, 0.29) is 24.2 Å². The molecule has 0 saturated carbocycles. The largest absolute Gasteiger partial charge is 0.366 e. The van der Waals surface area contributed by atoms with Crippen molar-refractivity contribution in [3.05, 3.63) is 0 Å². The SMILES string of the molecule is CC(C)C(CC(C)(O)O)C(C)(C)CCC(C)(O)O. The van der Waals surface area contributed by atoms with Gasteiger partial charge in [-0.1, -0.05) is 27.7 Å². The molecule has 0 aliphatic carbocycles. The first-order valence-corrected chi connectivity index (χ1v) is 6.64. The Balaban J connectivity index is 4.77. The van der Waals surface area contributed by atoms with E-state index in [1.807, 2.05) is 13.8 Å². The zero-order valence-corrected chi connectivity index (χ0v) is 12.6. The first-order chi connectivity index (χ1) is 7.75. The van der Waals surface area contributed by atoms with E-state index in [0.717, 1.165) is 0 Å². The maximum absolute atomic E-state index is 9.59. The topological polar surface area (TPSA) is 80.9 Å². The lowest BCUT2D eigenvalue weighted by molar-refractivity contribution is -0.175. The van der Waals surface area contributed by atoms with Gasteiger partial charge in [0.05, 0.1) is 0 Å². The zero-order valence-electron chi connectivity index (χ0n) is 12.6.